The second-order valence-corrected chi connectivity index (χ2v) is 4.35. The Kier molecular flexibility index (Phi) is 3.91. The van der Waals surface area contributed by atoms with Crippen LogP contribution in [0.2, 0.25) is 0 Å². The van der Waals surface area contributed by atoms with Crippen LogP contribution in [0, 0.1) is 17.5 Å². The monoisotopic (exact) mass is 316 g/mol. The number of hydrogen-bond donors (Lipinski definition) is 0. The van der Waals surface area contributed by atoms with E-state index in [0.717, 1.165) is 12.1 Å². The van der Waals surface area contributed by atoms with Gasteiger partial charge in [-0.2, -0.15) is 0 Å². The van der Waals surface area contributed by atoms with Crippen molar-refractivity contribution in [1.82, 2.24) is 0 Å². The number of rotatable bonds is 3. The number of para-hydroxylation sites is 1. The first-order valence-corrected chi connectivity index (χ1v) is 5.88. The van der Waals surface area contributed by atoms with Crippen LogP contribution in [-0.2, 0) is 6.61 Å². The Morgan fingerprint density at radius 1 is 0.889 bits per heavy atom. The maximum absolute atomic E-state index is 13.3. The molecule has 0 atom stereocenters. The van der Waals surface area contributed by atoms with E-state index in [0.29, 0.717) is 5.56 Å². The fraction of sp³-hybridized carbons (Fsp3) is 0.0769. The van der Waals surface area contributed by atoms with Crippen LogP contribution < -0.4 is 4.74 Å². The zero-order chi connectivity index (χ0) is 13.1. The van der Waals surface area contributed by atoms with E-state index < -0.39 is 23.2 Å². The summed E-state index contributed by atoms with van der Waals surface area (Å²) in [7, 11) is 0. The molecule has 0 unspecified atom stereocenters. The molecule has 0 N–H and O–H groups in total. The number of hydrogen-bond acceptors (Lipinski definition) is 1. The van der Waals surface area contributed by atoms with Crippen LogP contribution in [0.5, 0.6) is 5.75 Å². The van der Waals surface area contributed by atoms with E-state index in [-0.39, 0.29) is 11.1 Å². The molecular formula is C13H8BrF3O. The Labute approximate surface area is 110 Å². The molecular weight excluding hydrogens is 309 g/mol. The summed E-state index contributed by atoms with van der Waals surface area (Å²) in [5.41, 5.74) is 0.470. The third-order valence-corrected chi connectivity index (χ3v) is 3.21. The highest BCUT2D eigenvalue weighted by Gasteiger charge is 2.11. The second-order valence-electron chi connectivity index (χ2n) is 3.55. The van der Waals surface area contributed by atoms with Crippen LogP contribution >= 0.6 is 15.9 Å². The van der Waals surface area contributed by atoms with Gasteiger partial charge in [-0.3, -0.25) is 0 Å². The molecule has 0 aromatic heterocycles. The lowest BCUT2D eigenvalue weighted by molar-refractivity contribution is 0.273. The summed E-state index contributed by atoms with van der Waals surface area (Å²) >= 11 is 3.05. The van der Waals surface area contributed by atoms with Crippen molar-refractivity contribution in [2.24, 2.45) is 0 Å². The molecule has 0 saturated heterocycles. The van der Waals surface area contributed by atoms with Gasteiger partial charge in [0.2, 0.25) is 0 Å². The van der Waals surface area contributed by atoms with Crippen LogP contribution in [0.15, 0.2) is 40.9 Å². The molecule has 5 heteroatoms. The van der Waals surface area contributed by atoms with Gasteiger partial charge in [-0.25, -0.2) is 13.2 Å². The molecule has 94 valence electrons. The second kappa shape index (κ2) is 5.44. The highest BCUT2D eigenvalue weighted by Crippen LogP contribution is 2.25. The van der Waals surface area contributed by atoms with E-state index in [1.807, 2.05) is 0 Å². The highest BCUT2D eigenvalue weighted by molar-refractivity contribution is 9.10. The lowest BCUT2D eigenvalue weighted by Crippen LogP contribution is -2.01. The molecule has 0 aliphatic rings. The standard InChI is InChI=1S/C13H8BrF3O/c14-12-8(3-1-4-9(12)15)7-18-13-10(16)5-2-6-11(13)17/h1-6H,7H2. The van der Waals surface area contributed by atoms with E-state index in [1.54, 1.807) is 6.07 Å². The van der Waals surface area contributed by atoms with Gasteiger partial charge in [0, 0.05) is 5.56 Å². The maximum Gasteiger partial charge on any atom is 0.191 e. The van der Waals surface area contributed by atoms with Crippen LogP contribution in [0.4, 0.5) is 13.2 Å². The van der Waals surface area contributed by atoms with E-state index >= 15 is 0 Å². The molecule has 2 aromatic rings. The van der Waals surface area contributed by atoms with Crippen molar-refractivity contribution in [3.63, 3.8) is 0 Å². The summed E-state index contributed by atoms with van der Waals surface area (Å²) < 4.78 is 45.0. The van der Waals surface area contributed by atoms with Crippen molar-refractivity contribution >= 4 is 15.9 Å². The molecule has 0 aliphatic carbocycles. The summed E-state index contributed by atoms with van der Waals surface area (Å²) in [6.45, 7) is -0.129. The first-order chi connectivity index (χ1) is 8.59. The predicted octanol–water partition coefficient (Wildman–Crippen LogP) is 4.45. The van der Waals surface area contributed by atoms with Gasteiger partial charge in [0.25, 0.3) is 0 Å². The first-order valence-electron chi connectivity index (χ1n) is 5.09. The van der Waals surface area contributed by atoms with Gasteiger partial charge < -0.3 is 4.74 Å². The van der Waals surface area contributed by atoms with Crippen molar-refractivity contribution in [3.05, 3.63) is 63.9 Å². The van der Waals surface area contributed by atoms with Gasteiger partial charge in [0.1, 0.15) is 12.4 Å². The van der Waals surface area contributed by atoms with Crippen molar-refractivity contribution in [1.29, 1.82) is 0 Å². The molecule has 0 saturated carbocycles. The summed E-state index contributed by atoms with van der Waals surface area (Å²) in [5.74, 6) is -2.50. The number of halogens is 4. The fourth-order valence-electron chi connectivity index (χ4n) is 1.43. The van der Waals surface area contributed by atoms with Gasteiger partial charge in [0.15, 0.2) is 17.4 Å². The largest absolute Gasteiger partial charge is 0.483 e. The number of benzene rings is 2. The number of ether oxygens (including phenoxy) is 1. The summed E-state index contributed by atoms with van der Waals surface area (Å²) in [6, 6.07) is 7.81. The maximum atomic E-state index is 13.3. The Bertz CT molecular complexity index is 552. The molecule has 2 rings (SSSR count). The topological polar surface area (TPSA) is 9.23 Å². The molecule has 18 heavy (non-hydrogen) atoms. The van der Waals surface area contributed by atoms with Gasteiger partial charge >= 0.3 is 0 Å². The molecule has 0 fully saturated rings. The smallest absolute Gasteiger partial charge is 0.191 e. The minimum Gasteiger partial charge on any atom is -0.483 e. The molecule has 0 bridgehead atoms. The zero-order valence-electron chi connectivity index (χ0n) is 9.09. The van der Waals surface area contributed by atoms with Crippen LogP contribution in [0.3, 0.4) is 0 Å². The Hall–Kier alpha value is -1.49. The lowest BCUT2D eigenvalue weighted by Gasteiger charge is -2.09. The van der Waals surface area contributed by atoms with Gasteiger partial charge in [-0.15, -0.1) is 0 Å². The summed E-state index contributed by atoms with van der Waals surface area (Å²) in [4.78, 5) is 0. The Balaban J connectivity index is 2.19. The summed E-state index contributed by atoms with van der Waals surface area (Å²) in [5, 5.41) is 0. The molecule has 0 radical (unpaired) electrons. The van der Waals surface area contributed by atoms with Gasteiger partial charge in [-0.1, -0.05) is 18.2 Å². The molecule has 0 aliphatic heterocycles. The fourth-order valence-corrected chi connectivity index (χ4v) is 1.81. The van der Waals surface area contributed by atoms with Crippen molar-refractivity contribution in [2.75, 3.05) is 0 Å². The SMILES string of the molecule is Fc1cccc(COc2c(F)cccc2F)c1Br. The van der Waals surface area contributed by atoms with Crippen molar-refractivity contribution in [3.8, 4) is 5.75 Å². The predicted molar refractivity (Wildman–Crippen MR) is 64.8 cm³/mol. The molecule has 0 amide bonds. The molecule has 1 nitrogen and oxygen atoms in total. The average molecular weight is 317 g/mol. The summed E-state index contributed by atoms with van der Waals surface area (Å²) in [6.07, 6.45) is 0. The normalized spacial score (nSPS) is 10.4. The van der Waals surface area contributed by atoms with E-state index in [1.165, 1.54) is 18.2 Å². The van der Waals surface area contributed by atoms with E-state index in [9.17, 15) is 13.2 Å². The minimum absolute atomic E-state index is 0.129. The Morgan fingerprint density at radius 3 is 2.11 bits per heavy atom. The molecule has 0 spiro atoms. The average Bonchev–Trinajstić information content (AvgIpc) is 2.33. The molecule has 2 aromatic carbocycles. The van der Waals surface area contributed by atoms with Crippen LogP contribution in [-0.4, -0.2) is 0 Å². The lowest BCUT2D eigenvalue weighted by atomic mass is 10.2. The minimum atomic E-state index is -0.789. The first kappa shape index (κ1) is 13.0. The molecule has 0 heterocycles. The highest BCUT2D eigenvalue weighted by atomic mass is 79.9. The third-order valence-electron chi connectivity index (χ3n) is 2.32. The van der Waals surface area contributed by atoms with Crippen molar-refractivity contribution < 1.29 is 17.9 Å². The van der Waals surface area contributed by atoms with E-state index in [2.05, 4.69) is 15.9 Å². The van der Waals surface area contributed by atoms with Crippen LogP contribution in [0.1, 0.15) is 5.56 Å². The quantitative estimate of drug-likeness (QED) is 0.813. The van der Waals surface area contributed by atoms with Crippen LogP contribution in [0.25, 0.3) is 0 Å². The van der Waals surface area contributed by atoms with Gasteiger partial charge in [0.05, 0.1) is 4.47 Å². The van der Waals surface area contributed by atoms with E-state index in [4.69, 9.17) is 4.74 Å². The Morgan fingerprint density at radius 2 is 1.44 bits per heavy atom. The van der Waals surface area contributed by atoms with Gasteiger partial charge in [-0.05, 0) is 34.1 Å². The zero-order valence-corrected chi connectivity index (χ0v) is 10.7. The third kappa shape index (κ3) is 2.67. The van der Waals surface area contributed by atoms with Crippen molar-refractivity contribution in [2.45, 2.75) is 6.61 Å².